The van der Waals surface area contributed by atoms with Crippen LogP contribution in [0.4, 0.5) is 0 Å². The van der Waals surface area contributed by atoms with Crippen molar-refractivity contribution in [2.24, 2.45) is 0 Å². The van der Waals surface area contributed by atoms with E-state index < -0.39 is 116 Å². The number of aliphatic hydroxyl groups excluding tert-OH is 8. The van der Waals surface area contributed by atoms with Crippen LogP contribution < -0.4 is 51.4 Å². The smallest absolute Gasteiger partial charge is 0.870 e. The number of cyclic esters (lactones) is 1. The molecule has 0 unspecified atom stereocenters. The zero-order valence-electron chi connectivity index (χ0n) is 35.3. The number of carboxylic acids is 2. The summed E-state index contributed by atoms with van der Waals surface area (Å²) >= 11 is 0. The third-order valence-electron chi connectivity index (χ3n) is 7.36. The van der Waals surface area contributed by atoms with Crippen LogP contribution in [-0.2, 0) is 47.7 Å². The molecule has 354 valence electrons. The number of halogens is 1. The fraction of sp³-hybridized carbons (Fsp3) is 0.833. The number of ether oxygens (including phenoxy) is 4. The van der Waals surface area contributed by atoms with Gasteiger partial charge in [-0.3, -0.25) is 28.8 Å². The van der Waals surface area contributed by atoms with E-state index in [1.807, 2.05) is 0 Å². The average molecular weight is 930 g/mol. The number of aliphatic carboxylic acids is 2. The minimum atomic E-state index is -1.21. The first-order valence-electron chi connectivity index (χ1n) is 18.4. The molecule has 0 aliphatic carbocycles. The number of carboxylic acid groups (broad SMARTS) is 2. The monoisotopic (exact) mass is 929 g/mol. The maximum atomic E-state index is 12.3. The molecular weight excluding hydrogens is 859 g/mol. The van der Waals surface area contributed by atoms with Gasteiger partial charge in [0.1, 0.15) is 24.4 Å². The number of carbonyl (C=O) groups excluding carboxylic acids is 4. The third-order valence-corrected chi connectivity index (χ3v) is 7.36. The Bertz CT molecular complexity index is 1170. The molecule has 0 radical (unpaired) electrons. The second-order valence-electron chi connectivity index (χ2n) is 14.3. The van der Waals surface area contributed by atoms with Gasteiger partial charge >= 0.3 is 87.2 Å². The Kier molecular flexibility index (Phi) is 45.5. The molecule has 22 nitrogen and oxygen atoms in total. The predicted molar refractivity (Wildman–Crippen MR) is 207 cm³/mol. The van der Waals surface area contributed by atoms with Crippen LogP contribution in [0, 0.1) is 0 Å². The molecule has 12 atom stereocenters. The number of aliphatic hydroxyl groups is 8. The van der Waals surface area contributed by atoms with Crippen molar-refractivity contribution < 1.29 is 163 Å². The van der Waals surface area contributed by atoms with E-state index in [0.29, 0.717) is 6.42 Å². The molecule has 1 fully saturated rings. The van der Waals surface area contributed by atoms with Gasteiger partial charge in [0.2, 0.25) is 0 Å². The molecule has 0 spiro atoms. The fourth-order valence-electron chi connectivity index (χ4n) is 5.27. The Labute approximate surface area is 399 Å². The first kappa shape index (κ1) is 70.0. The minimum Gasteiger partial charge on any atom is -0.870 e. The first-order chi connectivity index (χ1) is 25.8. The van der Waals surface area contributed by atoms with Crippen molar-refractivity contribution in [2.45, 2.75) is 192 Å². The summed E-state index contributed by atoms with van der Waals surface area (Å²) in [5.41, 5.74) is 0. The van der Waals surface area contributed by atoms with Crippen molar-refractivity contribution in [3.05, 3.63) is 0 Å². The first-order valence-corrected chi connectivity index (χ1v) is 18.4. The Morgan fingerprint density at radius 2 is 0.967 bits per heavy atom. The van der Waals surface area contributed by atoms with Gasteiger partial charge in [0.05, 0.1) is 87.4 Å². The number of hydrogen-bond acceptors (Lipinski definition) is 19. The Morgan fingerprint density at radius 1 is 0.633 bits per heavy atom. The summed E-state index contributed by atoms with van der Waals surface area (Å²) < 4.78 is 20.2. The second-order valence-corrected chi connectivity index (χ2v) is 14.3. The normalized spacial score (nSPS) is 19.1. The van der Waals surface area contributed by atoms with E-state index in [1.54, 1.807) is 6.92 Å². The van der Waals surface area contributed by atoms with E-state index in [0.717, 1.165) is 0 Å². The summed E-state index contributed by atoms with van der Waals surface area (Å²) in [7, 11) is 0. The summed E-state index contributed by atoms with van der Waals surface area (Å²) in [5, 5.41) is 91.6. The quantitative estimate of drug-likeness (QED) is 0.0266. The van der Waals surface area contributed by atoms with Crippen molar-refractivity contribution in [1.82, 2.24) is 0 Å². The van der Waals surface area contributed by atoms with Crippen LogP contribution in [-0.4, -0.2) is 171 Å². The van der Waals surface area contributed by atoms with Gasteiger partial charge in [-0.1, -0.05) is 0 Å². The van der Waals surface area contributed by atoms with Crippen molar-refractivity contribution in [2.75, 3.05) is 0 Å². The topological polar surface area (TPSA) is 403 Å². The van der Waals surface area contributed by atoms with Crippen molar-refractivity contribution >= 4 is 48.2 Å². The molecule has 13 N–H and O–H groups in total. The van der Waals surface area contributed by atoms with E-state index in [-0.39, 0.29) is 140 Å². The Hall–Kier alpha value is -1.65. The molecule has 0 aromatic heterocycles. The molecule has 0 aromatic carbocycles. The summed E-state index contributed by atoms with van der Waals surface area (Å²) in [6.45, 7) is 9.15. The SMILES string of the molecule is C[C@@H](O)C[C@@H](O)CC(=O)O.C[C@@H]1C[C@@H](O)CC(=O)O1.C[C@H](C[C@@H](O)CC(=O)O)OC(=O)C[C@H](O)C[C@@H](C)OC(=O)C[C@@H](C[C@@H](C)O)OC(=O)C[C@H](O)C[C@@H](C)O.Cl.O.[2HH].[K+].[OH-]. The van der Waals surface area contributed by atoms with E-state index in [4.69, 9.17) is 44.5 Å². The van der Waals surface area contributed by atoms with Crippen LogP contribution >= 0.6 is 12.4 Å². The zero-order valence-corrected chi connectivity index (χ0v) is 39.3. The van der Waals surface area contributed by atoms with Crippen LogP contribution in [0.3, 0.4) is 0 Å². The summed E-state index contributed by atoms with van der Waals surface area (Å²) in [5.74, 6) is -4.88. The Balaban J connectivity index is -0.000000200. The largest absolute Gasteiger partial charge is 1.00 e. The molecule has 0 saturated carbocycles. The van der Waals surface area contributed by atoms with E-state index >= 15 is 0 Å². The summed E-state index contributed by atoms with van der Waals surface area (Å²) in [4.78, 5) is 67.3. The molecule has 1 aliphatic rings. The molecular formula is C36H70ClKO22. The minimum absolute atomic E-state index is 0. The molecule has 0 amide bonds. The zero-order chi connectivity index (χ0) is 43.7. The van der Waals surface area contributed by atoms with Gasteiger partial charge in [0, 0.05) is 27.1 Å². The standard InChI is InChI=1S/C24H42O13.C6H12O4.C6H10O3.ClH.K.2H2O.H2/c1-13(25)5-17(27)10-23(33)37-20(6-14(2)26)12-24(34)36-16(4)8-19(29)11-22(32)35-15(3)7-18(28)9-21(30)31;1-4(7)2-5(8)3-6(9)10;1-4-2-5(7)3-6(8)9-4;;;;;/h13-20,25-29H,5-12H2,1-4H3,(H,30,31);4-5,7-8H,2-3H2,1H3,(H,9,10);4-5,7H,2-3H2,1H3;1H;;2*1H2;1H/q;;;;+1;;;/p-1/t13-,14-,15-,16-,17-,18-,19-,20-;2*4-,5-;;;;;/m111...../s1/i;;;;;;;1+1. The van der Waals surface area contributed by atoms with Crippen molar-refractivity contribution in [1.29, 1.82) is 0 Å². The van der Waals surface area contributed by atoms with E-state index in [2.05, 4.69) is 0 Å². The number of hydrogen-bond donors (Lipinski definition) is 10. The maximum absolute atomic E-state index is 12.3. The molecule has 60 heavy (non-hydrogen) atoms. The van der Waals surface area contributed by atoms with Gasteiger partial charge in [-0.25, -0.2) is 0 Å². The van der Waals surface area contributed by atoms with Gasteiger partial charge in [-0.15, -0.1) is 12.4 Å². The number of carbonyl (C=O) groups is 6. The average Bonchev–Trinajstić information content (AvgIpc) is 2.94. The molecule has 1 heterocycles. The van der Waals surface area contributed by atoms with Gasteiger partial charge in [0.15, 0.2) is 0 Å². The third kappa shape index (κ3) is 44.4. The summed E-state index contributed by atoms with van der Waals surface area (Å²) in [6.07, 6.45) is -11.5. The predicted octanol–water partition coefficient (Wildman–Crippen LogP) is -3.85. The molecule has 24 heteroatoms. The van der Waals surface area contributed by atoms with E-state index in [1.165, 1.54) is 34.6 Å². The molecule has 1 saturated heterocycles. The Morgan fingerprint density at radius 3 is 1.32 bits per heavy atom. The van der Waals surface area contributed by atoms with Crippen molar-refractivity contribution in [3.8, 4) is 0 Å². The van der Waals surface area contributed by atoms with Gasteiger partial charge in [-0.2, -0.15) is 0 Å². The maximum Gasteiger partial charge on any atom is 1.00 e. The van der Waals surface area contributed by atoms with E-state index in [9.17, 15) is 54.3 Å². The van der Waals surface area contributed by atoms with Crippen LogP contribution in [0.15, 0.2) is 0 Å². The van der Waals surface area contributed by atoms with Gasteiger partial charge in [-0.05, 0) is 54.4 Å². The van der Waals surface area contributed by atoms with Gasteiger partial charge in [0.25, 0.3) is 0 Å². The van der Waals surface area contributed by atoms with Gasteiger partial charge < -0.3 is 81.0 Å². The number of esters is 4. The molecule has 1 rings (SSSR count). The molecule has 0 bridgehead atoms. The van der Waals surface area contributed by atoms with Crippen LogP contribution in [0.25, 0.3) is 0 Å². The summed E-state index contributed by atoms with van der Waals surface area (Å²) in [6, 6.07) is 0. The van der Waals surface area contributed by atoms with Crippen LogP contribution in [0.5, 0.6) is 0 Å². The van der Waals surface area contributed by atoms with Crippen LogP contribution in [0.2, 0.25) is 0 Å². The fourth-order valence-corrected chi connectivity index (χ4v) is 5.27. The molecule has 1 aliphatic heterocycles. The second kappa shape index (κ2) is 39.0. The number of rotatable bonds is 23. The van der Waals surface area contributed by atoms with Crippen molar-refractivity contribution in [3.63, 3.8) is 0 Å². The molecule has 0 aromatic rings. The van der Waals surface area contributed by atoms with Crippen LogP contribution in [0.1, 0.15) is 120 Å².